The Morgan fingerprint density at radius 2 is 1.76 bits per heavy atom. The van der Waals surface area contributed by atoms with Crippen LogP contribution in [-0.2, 0) is 10.0 Å². The van der Waals surface area contributed by atoms with Crippen LogP contribution in [0.1, 0.15) is 12.5 Å². The zero-order valence-electron chi connectivity index (χ0n) is 11.2. The molecule has 0 spiro atoms. The van der Waals surface area contributed by atoms with Gasteiger partial charge in [-0.1, -0.05) is 18.2 Å². The van der Waals surface area contributed by atoms with Crippen LogP contribution >= 0.6 is 0 Å². The van der Waals surface area contributed by atoms with Crippen molar-refractivity contribution >= 4 is 15.7 Å². The lowest BCUT2D eigenvalue weighted by Gasteiger charge is -2.07. The molecule has 0 aliphatic rings. The second kappa shape index (κ2) is 5.84. The lowest BCUT2D eigenvalue weighted by Crippen LogP contribution is -2.19. The molecule has 6 nitrogen and oxygen atoms in total. The minimum absolute atomic E-state index is 0.0525. The average molecular weight is 306 g/mol. The minimum atomic E-state index is -3.77. The predicted molar refractivity (Wildman–Crippen MR) is 78.7 cm³/mol. The molecule has 0 aromatic heterocycles. The number of benzene rings is 2. The van der Waals surface area contributed by atoms with Crippen LogP contribution in [0.2, 0.25) is 0 Å². The van der Waals surface area contributed by atoms with E-state index in [0.29, 0.717) is 0 Å². The first-order valence-electron chi connectivity index (χ1n) is 6.03. The van der Waals surface area contributed by atoms with E-state index in [9.17, 15) is 18.6 Å². The van der Waals surface area contributed by atoms with Crippen LogP contribution in [0, 0.1) is 0 Å². The van der Waals surface area contributed by atoms with Crippen molar-refractivity contribution in [1.29, 1.82) is 0 Å². The van der Waals surface area contributed by atoms with E-state index in [1.165, 1.54) is 37.3 Å². The summed E-state index contributed by atoms with van der Waals surface area (Å²) in [5.41, 5.74) is 0.466. The molecule has 2 rings (SSSR count). The zero-order chi connectivity index (χ0) is 15.5. The molecule has 0 radical (unpaired) electrons. The Hall–Kier alpha value is -2.54. The first kappa shape index (κ1) is 14.9. The first-order chi connectivity index (χ1) is 9.90. The van der Waals surface area contributed by atoms with Crippen molar-refractivity contribution in [3.8, 4) is 11.5 Å². The van der Waals surface area contributed by atoms with E-state index in [2.05, 4.69) is 9.93 Å². The molecule has 0 amide bonds. The fraction of sp³-hybridized carbons (Fsp3) is 0.0714. The maximum Gasteiger partial charge on any atom is 0.276 e. The van der Waals surface area contributed by atoms with Gasteiger partial charge >= 0.3 is 0 Å². The Bertz CT molecular complexity index is 771. The van der Waals surface area contributed by atoms with Crippen molar-refractivity contribution in [1.82, 2.24) is 4.83 Å². The summed E-state index contributed by atoms with van der Waals surface area (Å²) in [4.78, 5) is 2.17. The van der Waals surface area contributed by atoms with E-state index in [4.69, 9.17) is 0 Å². The van der Waals surface area contributed by atoms with Crippen LogP contribution in [0.15, 0.2) is 58.5 Å². The van der Waals surface area contributed by atoms with Gasteiger partial charge in [0.1, 0.15) is 11.5 Å². The van der Waals surface area contributed by atoms with E-state index in [1.807, 2.05) is 0 Å². The van der Waals surface area contributed by atoms with Crippen LogP contribution in [0.4, 0.5) is 0 Å². The first-order valence-corrected chi connectivity index (χ1v) is 7.52. The summed E-state index contributed by atoms with van der Waals surface area (Å²) in [5, 5.41) is 22.8. The monoisotopic (exact) mass is 306 g/mol. The fourth-order valence-corrected chi connectivity index (χ4v) is 2.53. The third kappa shape index (κ3) is 3.51. The topological polar surface area (TPSA) is 99.0 Å². The van der Waals surface area contributed by atoms with Crippen molar-refractivity contribution in [2.24, 2.45) is 5.10 Å². The molecule has 0 atom stereocenters. The van der Waals surface area contributed by atoms with Gasteiger partial charge in [0.05, 0.1) is 10.6 Å². The van der Waals surface area contributed by atoms with E-state index in [1.54, 1.807) is 18.2 Å². The van der Waals surface area contributed by atoms with Gasteiger partial charge in [0, 0.05) is 5.56 Å². The molecule has 7 heteroatoms. The average Bonchev–Trinajstić information content (AvgIpc) is 2.48. The van der Waals surface area contributed by atoms with Gasteiger partial charge in [-0.3, -0.25) is 0 Å². The van der Waals surface area contributed by atoms with Gasteiger partial charge in [0.2, 0.25) is 0 Å². The molecule has 0 bridgehead atoms. The van der Waals surface area contributed by atoms with E-state index in [0.717, 1.165) is 0 Å². The van der Waals surface area contributed by atoms with Crippen LogP contribution < -0.4 is 4.83 Å². The standard InChI is InChI=1S/C14H14N2O4S/c1-10(13-9-11(17)7-8-14(13)18)15-16-21(19,20)12-5-3-2-4-6-12/h2-9,16-18H,1H3/b15-10-. The number of hydrogen-bond donors (Lipinski definition) is 3. The number of hydrazone groups is 1. The number of hydrogen-bond acceptors (Lipinski definition) is 5. The zero-order valence-corrected chi connectivity index (χ0v) is 12.0. The second-order valence-electron chi connectivity index (χ2n) is 4.31. The van der Waals surface area contributed by atoms with Crippen molar-refractivity contribution in [2.45, 2.75) is 11.8 Å². The Balaban J connectivity index is 2.27. The van der Waals surface area contributed by atoms with Crippen LogP contribution in [0.25, 0.3) is 0 Å². The maximum atomic E-state index is 12.0. The summed E-state index contributed by atoms with van der Waals surface area (Å²) in [6, 6.07) is 11.7. The summed E-state index contributed by atoms with van der Waals surface area (Å²) in [6.07, 6.45) is 0. The predicted octanol–water partition coefficient (Wildman–Crippen LogP) is 1.80. The van der Waals surface area contributed by atoms with Gasteiger partial charge in [0.15, 0.2) is 0 Å². The third-order valence-corrected chi connectivity index (χ3v) is 3.98. The molecule has 21 heavy (non-hydrogen) atoms. The second-order valence-corrected chi connectivity index (χ2v) is 5.97. The summed E-state index contributed by atoms with van der Waals surface area (Å²) >= 11 is 0. The van der Waals surface area contributed by atoms with Gasteiger partial charge in [-0.25, -0.2) is 0 Å². The SMILES string of the molecule is C/C(=N/NS(=O)(=O)c1ccccc1)c1cc(O)ccc1O. The number of nitrogens with one attached hydrogen (secondary N) is 1. The van der Waals surface area contributed by atoms with E-state index < -0.39 is 10.0 Å². The van der Waals surface area contributed by atoms with Crippen molar-refractivity contribution in [2.75, 3.05) is 0 Å². The Morgan fingerprint density at radius 1 is 1.10 bits per heavy atom. The lowest BCUT2D eigenvalue weighted by molar-refractivity contribution is 0.459. The number of phenolic OH excluding ortho intramolecular Hbond substituents is 2. The van der Waals surface area contributed by atoms with Gasteiger partial charge in [0.25, 0.3) is 10.0 Å². The van der Waals surface area contributed by atoms with Gasteiger partial charge in [-0.2, -0.15) is 18.4 Å². The Kier molecular flexibility index (Phi) is 4.13. The smallest absolute Gasteiger partial charge is 0.276 e. The molecule has 0 aliphatic heterocycles. The fourth-order valence-electron chi connectivity index (χ4n) is 1.65. The van der Waals surface area contributed by atoms with Crippen molar-refractivity contribution < 1.29 is 18.6 Å². The van der Waals surface area contributed by atoms with Gasteiger partial charge in [-0.05, 0) is 37.3 Å². The molecule has 0 unspecified atom stereocenters. The maximum absolute atomic E-state index is 12.0. The normalized spacial score (nSPS) is 12.1. The van der Waals surface area contributed by atoms with Crippen molar-refractivity contribution in [3.63, 3.8) is 0 Å². The number of aromatic hydroxyl groups is 2. The highest BCUT2D eigenvalue weighted by Gasteiger charge is 2.13. The van der Waals surface area contributed by atoms with Gasteiger partial charge < -0.3 is 10.2 Å². The molecule has 0 saturated carbocycles. The van der Waals surface area contributed by atoms with Crippen LogP contribution in [-0.4, -0.2) is 24.3 Å². The molecule has 0 fully saturated rings. The molecule has 0 heterocycles. The lowest BCUT2D eigenvalue weighted by atomic mass is 10.1. The Morgan fingerprint density at radius 3 is 2.43 bits per heavy atom. The number of rotatable bonds is 4. The van der Waals surface area contributed by atoms with Crippen LogP contribution in [0.3, 0.4) is 0 Å². The highest BCUT2D eigenvalue weighted by molar-refractivity contribution is 7.89. The minimum Gasteiger partial charge on any atom is -0.508 e. The van der Waals surface area contributed by atoms with Crippen molar-refractivity contribution in [3.05, 3.63) is 54.1 Å². The summed E-state index contributed by atoms with van der Waals surface area (Å²) in [5.74, 6) is -0.156. The van der Waals surface area contributed by atoms with E-state index in [-0.39, 0.29) is 27.7 Å². The third-order valence-electron chi connectivity index (χ3n) is 2.76. The molecule has 110 valence electrons. The molecule has 3 N–H and O–H groups in total. The number of nitrogens with zero attached hydrogens (tertiary/aromatic N) is 1. The number of phenols is 2. The summed E-state index contributed by atoms with van der Waals surface area (Å²) < 4.78 is 24.0. The summed E-state index contributed by atoms with van der Waals surface area (Å²) in [6.45, 7) is 1.52. The molecular weight excluding hydrogens is 292 g/mol. The van der Waals surface area contributed by atoms with Crippen LogP contribution in [0.5, 0.6) is 11.5 Å². The quantitative estimate of drug-likeness (QED) is 0.455. The molecular formula is C14H14N2O4S. The summed E-state index contributed by atoms with van der Waals surface area (Å²) in [7, 11) is -3.77. The van der Waals surface area contributed by atoms with E-state index >= 15 is 0 Å². The number of sulfonamides is 1. The molecule has 0 aliphatic carbocycles. The highest BCUT2D eigenvalue weighted by atomic mass is 32.2. The molecule has 2 aromatic carbocycles. The largest absolute Gasteiger partial charge is 0.508 e. The molecule has 2 aromatic rings. The Labute approximate surface area is 122 Å². The highest BCUT2D eigenvalue weighted by Crippen LogP contribution is 2.22. The molecule has 0 saturated heterocycles. The van der Waals surface area contributed by atoms with Gasteiger partial charge in [-0.15, -0.1) is 0 Å².